The molecule has 0 saturated carbocycles. The number of carbonyl (C=O) groups is 2. The van der Waals surface area contributed by atoms with E-state index in [9.17, 15) is 9.59 Å². The van der Waals surface area contributed by atoms with Crippen LogP contribution in [0.2, 0.25) is 5.02 Å². The van der Waals surface area contributed by atoms with Crippen LogP contribution in [0.25, 0.3) is 0 Å². The minimum atomic E-state index is -0.497. The number of fused-ring (bicyclic) bond motifs is 1. The lowest BCUT2D eigenvalue weighted by atomic mass is 9.99. The molecule has 9 nitrogen and oxygen atoms in total. The first kappa shape index (κ1) is 20.0. The first-order chi connectivity index (χ1) is 15.6. The summed E-state index contributed by atoms with van der Waals surface area (Å²) in [6.45, 7) is 1.78. The van der Waals surface area contributed by atoms with Crippen molar-refractivity contribution in [3.05, 3.63) is 35.0 Å². The summed E-state index contributed by atoms with van der Waals surface area (Å²) in [5, 5.41) is 10.0. The number of anilines is 2. The van der Waals surface area contributed by atoms with Crippen LogP contribution in [0, 0.1) is 0 Å². The molecule has 6 rings (SSSR count). The summed E-state index contributed by atoms with van der Waals surface area (Å²) in [6, 6.07) is 4.38. The molecular weight excluding hydrogens is 454 g/mol. The molecule has 2 unspecified atom stereocenters. The minimum Gasteiger partial charge on any atom is -0.454 e. The number of amides is 3. The van der Waals surface area contributed by atoms with Crippen molar-refractivity contribution in [2.45, 2.75) is 35.2 Å². The second kappa shape index (κ2) is 7.72. The number of urea groups is 1. The van der Waals surface area contributed by atoms with E-state index < -0.39 is 11.3 Å². The average Bonchev–Trinajstić information content (AvgIpc) is 3.41. The Morgan fingerprint density at radius 3 is 3.06 bits per heavy atom. The Labute approximate surface area is 193 Å². The molecule has 1 fully saturated rings. The van der Waals surface area contributed by atoms with Gasteiger partial charge in [0.25, 0.3) is 0 Å². The van der Waals surface area contributed by atoms with E-state index in [2.05, 4.69) is 20.9 Å². The number of carbonyl (C=O) groups excluding carboxylic acids is 2. The molecule has 3 amide bonds. The van der Waals surface area contributed by atoms with Gasteiger partial charge in [-0.05, 0) is 37.6 Å². The Morgan fingerprint density at radius 2 is 2.22 bits per heavy atom. The van der Waals surface area contributed by atoms with Crippen LogP contribution in [-0.4, -0.2) is 48.1 Å². The molecule has 0 radical (unpaired) electrons. The van der Waals surface area contributed by atoms with Gasteiger partial charge in [0.1, 0.15) is 16.0 Å². The van der Waals surface area contributed by atoms with Crippen molar-refractivity contribution in [3.8, 4) is 11.5 Å². The lowest BCUT2D eigenvalue weighted by Gasteiger charge is -2.35. The van der Waals surface area contributed by atoms with Gasteiger partial charge in [0.15, 0.2) is 11.5 Å². The van der Waals surface area contributed by atoms with Gasteiger partial charge < -0.3 is 25.4 Å². The fourth-order valence-electron chi connectivity index (χ4n) is 4.65. The van der Waals surface area contributed by atoms with Crippen LogP contribution < -0.4 is 30.3 Å². The molecule has 166 valence electrons. The lowest BCUT2D eigenvalue weighted by molar-refractivity contribution is -0.121. The summed E-state index contributed by atoms with van der Waals surface area (Å²) in [6.07, 6.45) is 3.61. The predicted octanol–water partition coefficient (Wildman–Crippen LogP) is 2.71. The van der Waals surface area contributed by atoms with Crippen LogP contribution in [0.3, 0.4) is 0 Å². The van der Waals surface area contributed by atoms with Gasteiger partial charge in [-0.3, -0.25) is 9.69 Å². The highest BCUT2D eigenvalue weighted by Gasteiger charge is 2.48. The molecule has 0 bridgehead atoms. The minimum absolute atomic E-state index is 0.0589. The first-order valence-corrected chi connectivity index (χ1v) is 11.7. The molecule has 0 aliphatic carbocycles. The third-order valence-electron chi connectivity index (χ3n) is 6.09. The molecular formula is C21H20ClN5O4S. The zero-order chi connectivity index (χ0) is 21.8. The van der Waals surface area contributed by atoms with Gasteiger partial charge in [0.05, 0.1) is 16.8 Å². The van der Waals surface area contributed by atoms with Crippen molar-refractivity contribution in [3.63, 3.8) is 0 Å². The number of rotatable bonds is 3. The van der Waals surface area contributed by atoms with E-state index in [1.165, 1.54) is 16.7 Å². The third-order valence-corrected chi connectivity index (χ3v) is 7.69. The highest BCUT2D eigenvalue weighted by atomic mass is 35.5. The molecule has 1 aromatic heterocycles. The number of thioether (sulfide) groups is 1. The number of nitrogens with one attached hydrogen (secondary N) is 3. The normalized spacial score (nSPS) is 25.3. The first-order valence-electron chi connectivity index (χ1n) is 10.5. The van der Waals surface area contributed by atoms with Gasteiger partial charge in [0, 0.05) is 24.3 Å². The highest BCUT2D eigenvalue weighted by molar-refractivity contribution is 8.01. The summed E-state index contributed by atoms with van der Waals surface area (Å²) in [5.74, 6) is 0.848. The smallest absolute Gasteiger partial charge is 0.327 e. The summed E-state index contributed by atoms with van der Waals surface area (Å²) >= 11 is 7.88. The van der Waals surface area contributed by atoms with E-state index in [1.54, 1.807) is 24.4 Å². The van der Waals surface area contributed by atoms with E-state index >= 15 is 0 Å². The lowest BCUT2D eigenvalue weighted by Crippen LogP contribution is -2.52. The zero-order valence-corrected chi connectivity index (χ0v) is 18.5. The SMILES string of the molecule is O=C(NC1CCCNC1)[C@@H]1Sc2nccc3c2C1NC(=O)N3c1c(Cl)ccc2c1OCO2. The van der Waals surface area contributed by atoms with Crippen molar-refractivity contribution < 1.29 is 19.1 Å². The van der Waals surface area contributed by atoms with Gasteiger partial charge in [0.2, 0.25) is 12.7 Å². The number of aromatic nitrogens is 1. The number of piperidine rings is 1. The van der Waals surface area contributed by atoms with Crippen LogP contribution in [0.15, 0.2) is 29.4 Å². The summed E-state index contributed by atoms with van der Waals surface area (Å²) in [7, 11) is 0. The standard InChI is InChI=1S/C21H20ClN5O4S/c22-11-3-4-13-17(31-9-30-13)16(11)27-12-5-7-24-20-14(12)15(26-21(27)29)18(32-20)19(28)25-10-2-1-6-23-8-10/h3-5,7,10,15,18,23H,1-2,6,8-9H2,(H,25,28)(H,26,29)/t10?,15?,18-/m1/s1. The van der Waals surface area contributed by atoms with Gasteiger partial charge >= 0.3 is 6.03 Å². The molecule has 2 aromatic rings. The van der Waals surface area contributed by atoms with Crippen LogP contribution in [0.4, 0.5) is 16.2 Å². The Morgan fingerprint density at radius 1 is 1.31 bits per heavy atom. The molecule has 3 N–H and O–H groups in total. The largest absolute Gasteiger partial charge is 0.454 e. The number of benzene rings is 1. The van der Waals surface area contributed by atoms with Crippen molar-refractivity contribution >= 4 is 46.7 Å². The number of hydrogen-bond acceptors (Lipinski definition) is 7. The molecule has 4 aliphatic rings. The average molecular weight is 474 g/mol. The van der Waals surface area contributed by atoms with Crippen molar-refractivity contribution in [1.29, 1.82) is 0 Å². The second-order valence-electron chi connectivity index (χ2n) is 8.03. The van der Waals surface area contributed by atoms with Crippen LogP contribution in [0.5, 0.6) is 11.5 Å². The van der Waals surface area contributed by atoms with Crippen LogP contribution in [-0.2, 0) is 4.79 Å². The topological polar surface area (TPSA) is 105 Å². The van der Waals surface area contributed by atoms with Crippen LogP contribution in [0.1, 0.15) is 24.4 Å². The maximum absolute atomic E-state index is 13.3. The molecule has 5 heterocycles. The molecule has 32 heavy (non-hydrogen) atoms. The maximum atomic E-state index is 13.3. The highest BCUT2D eigenvalue weighted by Crippen LogP contribution is 2.54. The third kappa shape index (κ3) is 3.08. The van der Waals surface area contributed by atoms with E-state index in [0.717, 1.165) is 36.5 Å². The quantitative estimate of drug-likeness (QED) is 0.629. The van der Waals surface area contributed by atoms with Crippen molar-refractivity contribution in [2.24, 2.45) is 0 Å². The Balaban J connectivity index is 1.36. The van der Waals surface area contributed by atoms with Gasteiger partial charge in [-0.25, -0.2) is 9.78 Å². The second-order valence-corrected chi connectivity index (χ2v) is 9.57. The molecule has 4 aliphatic heterocycles. The maximum Gasteiger partial charge on any atom is 0.327 e. The zero-order valence-electron chi connectivity index (χ0n) is 16.9. The molecule has 1 aromatic carbocycles. The Kier molecular flexibility index (Phi) is 4.81. The molecule has 3 atom stereocenters. The summed E-state index contributed by atoms with van der Waals surface area (Å²) in [4.78, 5) is 32.5. The van der Waals surface area contributed by atoms with Crippen molar-refractivity contribution in [2.75, 3.05) is 24.8 Å². The fraction of sp³-hybridized carbons (Fsp3) is 0.381. The van der Waals surface area contributed by atoms with Gasteiger partial charge in [-0.15, -0.1) is 0 Å². The van der Waals surface area contributed by atoms with E-state index in [-0.39, 0.29) is 24.8 Å². The number of nitrogens with zero attached hydrogens (tertiary/aromatic N) is 2. The van der Waals surface area contributed by atoms with Gasteiger partial charge in [-0.1, -0.05) is 23.4 Å². The number of hydrogen-bond donors (Lipinski definition) is 3. The molecule has 11 heteroatoms. The fourth-order valence-corrected chi connectivity index (χ4v) is 6.12. The number of halogens is 1. The summed E-state index contributed by atoms with van der Waals surface area (Å²) in [5.41, 5.74) is 1.86. The monoisotopic (exact) mass is 473 g/mol. The van der Waals surface area contributed by atoms with Gasteiger partial charge in [-0.2, -0.15) is 0 Å². The predicted molar refractivity (Wildman–Crippen MR) is 119 cm³/mol. The Hall–Kier alpha value is -2.69. The van der Waals surface area contributed by atoms with E-state index in [4.69, 9.17) is 21.1 Å². The molecule has 0 spiro atoms. The molecule has 1 saturated heterocycles. The van der Waals surface area contributed by atoms with Crippen LogP contribution >= 0.6 is 23.4 Å². The number of ether oxygens (including phenoxy) is 2. The van der Waals surface area contributed by atoms with Crippen molar-refractivity contribution in [1.82, 2.24) is 20.9 Å². The number of pyridine rings is 1. The Bertz CT molecular complexity index is 1130. The summed E-state index contributed by atoms with van der Waals surface area (Å²) < 4.78 is 11.1. The van der Waals surface area contributed by atoms with E-state index in [0.29, 0.717) is 27.9 Å². The van der Waals surface area contributed by atoms with E-state index in [1.807, 2.05) is 0 Å².